The minimum atomic E-state index is 0.0823. The summed E-state index contributed by atoms with van der Waals surface area (Å²) in [6.45, 7) is 5.54. The summed E-state index contributed by atoms with van der Waals surface area (Å²) >= 11 is 0. The Hall–Kier alpha value is -1.63. The van der Waals surface area contributed by atoms with E-state index in [-0.39, 0.29) is 6.61 Å². The van der Waals surface area contributed by atoms with E-state index in [4.69, 9.17) is 5.11 Å². The van der Waals surface area contributed by atoms with Crippen molar-refractivity contribution in [3.8, 4) is 0 Å². The highest BCUT2D eigenvalue weighted by molar-refractivity contribution is 5.45. The van der Waals surface area contributed by atoms with Gasteiger partial charge in [-0.1, -0.05) is 6.92 Å². The topological polar surface area (TPSA) is 77.4 Å². The predicted molar refractivity (Wildman–Crippen MR) is 80.4 cm³/mol. The molecule has 0 unspecified atom stereocenters. The first kappa shape index (κ1) is 14.8. The van der Waals surface area contributed by atoms with Crippen molar-refractivity contribution in [1.29, 1.82) is 0 Å². The highest BCUT2D eigenvalue weighted by Gasteiger charge is 2.18. The summed E-state index contributed by atoms with van der Waals surface area (Å²) in [5, 5.41) is 12.3. The molecule has 0 atom stereocenters. The van der Waals surface area contributed by atoms with E-state index in [2.05, 4.69) is 32.1 Å². The van der Waals surface area contributed by atoms with Crippen LogP contribution in [0.15, 0.2) is 0 Å². The fraction of sp³-hybridized carbons (Fsp3) is 0.769. The minimum absolute atomic E-state index is 0.0823. The van der Waals surface area contributed by atoms with Gasteiger partial charge in [-0.3, -0.25) is 0 Å². The van der Waals surface area contributed by atoms with Crippen molar-refractivity contribution in [2.75, 3.05) is 55.0 Å². The van der Waals surface area contributed by atoms with Gasteiger partial charge in [-0.25, -0.2) is 0 Å². The highest BCUT2D eigenvalue weighted by atomic mass is 16.3. The van der Waals surface area contributed by atoms with E-state index in [0.29, 0.717) is 18.4 Å². The molecule has 20 heavy (non-hydrogen) atoms. The van der Waals surface area contributed by atoms with Crippen molar-refractivity contribution in [2.45, 2.75) is 26.2 Å². The van der Waals surface area contributed by atoms with Crippen LogP contribution in [0, 0.1) is 0 Å². The summed E-state index contributed by atoms with van der Waals surface area (Å²) in [5.41, 5.74) is 0. The first-order chi connectivity index (χ1) is 9.74. The molecule has 0 aliphatic carbocycles. The molecule has 1 saturated heterocycles. The van der Waals surface area contributed by atoms with Crippen LogP contribution in [0.25, 0.3) is 0 Å². The largest absolute Gasteiger partial charge is 0.395 e. The summed E-state index contributed by atoms with van der Waals surface area (Å²) in [4.78, 5) is 17.5. The van der Waals surface area contributed by atoms with E-state index < -0.39 is 0 Å². The molecule has 0 spiro atoms. The van der Waals surface area contributed by atoms with Crippen molar-refractivity contribution in [3.05, 3.63) is 0 Å². The van der Waals surface area contributed by atoms with Crippen molar-refractivity contribution in [3.63, 3.8) is 0 Å². The Balaban J connectivity index is 2.22. The second kappa shape index (κ2) is 7.23. The lowest BCUT2D eigenvalue weighted by Gasteiger charge is -2.20. The van der Waals surface area contributed by atoms with Crippen LogP contribution in [0.4, 0.5) is 17.8 Å². The van der Waals surface area contributed by atoms with Crippen molar-refractivity contribution >= 4 is 17.8 Å². The second-order valence-electron chi connectivity index (χ2n) is 5.03. The molecule has 7 heteroatoms. The number of anilines is 3. The van der Waals surface area contributed by atoms with Gasteiger partial charge in [0.1, 0.15) is 0 Å². The third-order valence-corrected chi connectivity index (χ3v) is 3.31. The van der Waals surface area contributed by atoms with Gasteiger partial charge in [-0.2, -0.15) is 15.0 Å². The zero-order chi connectivity index (χ0) is 14.4. The Labute approximate surface area is 120 Å². The monoisotopic (exact) mass is 280 g/mol. The molecular weight excluding hydrogens is 256 g/mol. The van der Waals surface area contributed by atoms with E-state index in [1.807, 2.05) is 11.9 Å². The normalized spacial score (nSPS) is 14.7. The Bertz CT molecular complexity index is 421. The Morgan fingerprint density at radius 3 is 2.65 bits per heavy atom. The fourth-order valence-electron chi connectivity index (χ4n) is 2.15. The second-order valence-corrected chi connectivity index (χ2v) is 5.03. The van der Waals surface area contributed by atoms with Crippen molar-refractivity contribution < 1.29 is 5.11 Å². The molecule has 2 N–H and O–H groups in total. The SMILES string of the molecule is CCCNc1nc(N(C)CCO)nc(N2CCCC2)n1. The maximum atomic E-state index is 9.05. The van der Waals surface area contributed by atoms with Crippen LogP contribution in [0.2, 0.25) is 0 Å². The molecule has 112 valence electrons. The molecule has 1 fully saturated rings. The zero-order valence-corrected chi connectivity index (χ0v) is 12.3. The number of aliphatic hydroxyl groups is 1. The van der Waals surface area contributed by atoms with Crippen LogP contribution in [0.5, 0.6) is 0 Å². The van der Waals surface area contributed by atoms with E-state index in [0.717, 1.165) is 32.0 Å². The molecule has 1 aliphatic heterocycles. The first-order valence-corrected chi connectivity index (χ1v) is 7.31. The van der Waals surface area contributed by atoms with Crippen LogP contribution in [0.1, 0.15) is 26.2 Å². The molecule has 0 saturated carbocycles. The number of hydrogen-bond acceptors (Lipinski definition) is 7. The van der Waals surface area contributed by atoms with Gasteiger partial charge in [0.2, 0.25) is 17.8 Å². The van der Waals surface area contributed by atoms with Gasteiger partial charge in [-0.15, -0.1) is 0 Å². The molecule has 0 amide bonds. The number of nitrogens with zero attached hydrogens (tertiary/aromatic N) is 5. The maximum Gasteiger partial charge on any atom is 0.231 e. The van der Waals surface area contributed by atoms with Gasteiger partial charge in [0.05, 0.1) is 6.61 Å². The van der Waals surface area contributed by atoms with Crippen LogP contribution in [-0.2, 0) is 0 Å². The quantitative estimate of drug-likeness (QED) is 0.762. The maximum absolute atomic E-state index is 9.05. The van der Waals surface area contributed by atoms with E-state index in [1.165, 1.54) is 12.8 Å². The van der Waals surface area contributed by atoms with Crippen LogP contribution in [-0.4, -0.2) is 59.9 Å². The number of likely N-dealkylation sites (N-methyl/N-ethyl adjacent to an activating group) is 1. The van der Waals surface area contributed by atoms with Gasteiger partial charge >= 0.3 is 0 Å². The molecule has 7 nitrogen and oxygen atoms in total. The molecule has 1 aliphatic rings. The van der Waals surface area contributed by atoms with Gasteiger partial charge in [0, 0.05) is 33.2 Å². The van der Waals surface area contributed by atoms with Gasteiger partial charge in [-0.05, 0) is 19.3 Å². The summed E-state index contributed by atoms with van der Waals surface area (Å²) in [7, 11) is 1.88. The van der Waals surface area contributed by atoms with E-state index in [9.17, 15) is 0 Å². The molecule has 1 aromatic rings. The number of nitrogens with one attached hydrogen (secondary N) is 1. The van der Waals surface area contributed by atoms with Crippen LogP contribution >= 0.6 is 0 Å². The minimum Gasteiger partial charge on any atom is -0.395 e. The lowest BCUT2D eigenvalue weighted by Crippen LogP contribution is -2.27. The Morgan fingerprint density at radius 1 is 1.25 bits per heavy atom. The molecule has 2 rings (SSSR count). The smallest absolute Gasteiger partial charge is 0.231 e. The molecule has 1 aromatic heterocycles. The average Bonchev–Trinajstić information content (AvgIpc) is 2.99. The number of hydrogen-bond donors (Lipinski definition) is 2. The Kier molecular flexibility index (Phi) is 5.34. The highest BCUT2D eigenvalue weighted by Crippen LogP contribution is 2.19. The summed E-state index contributed by atoms with van der Waals surface area (Å²) in [5.74, 6) is 1.95. The molecule has 0 radical (unpaired) electrons. The summed E-state index contributed by atoms with van der Waals surface area (Å²) < 4.78 is 0. The van der Waals surface area contributed by atoms with Crippen LogP contribution in [0.3, 0.4) is 0 Å². The van der Waals surface area contributed by atoms with Crippen molar-refractivity contribution in [1.82, 2.24) is 15.0 Å². The van der Waals surface area contributed by atoms with Gasteiger partial charge in [0.15, 0.2) is 0 Å². The Morgan fingerprint density at radius 2 is 2.00 bits per heavy atom. The molecular formula is C13H24N6O. The molecule has 2 heterocycles. The third kappa shape index (κ3) is 3.69. The first-order valence-electron chi connectivity index (χ1n) is 7.31. The fourth-order valence-corrected chi connectivity index (χ4v) is 2.15. The van der Waals surface area contributed by atoms with E-state index >= 15 is 0 Å². The number of aromatic nitrogens is 3. The van der Waals surface area contributed by atoms with E-state index in [1.54, 1.807) is 0 Å². The standard InChI is InChI=1S/C13H24N6O/c1-3-6-14-11-15-12(18(2)9-10-20)17-13(16-11)19-7-4-5-8-19/h20H,3-10H2,1-2H3,(H,14,15,16,17). The number of aliphatic hydroxyl groups excluding tert-OH is 1. The summed E-state index contributed by atoms with van der Waals surface area (Å²) in [6, 6.07) is 0. The van der Waals surface area contributed by atoms with Crippen LogP contribution < -0.4 is 15.1 Å². The lowest BCUT2D eigenvalue weighted by molar-refractivity contribution is 0.303. The summed E-state index contributed by atoms with van der Waals surface area (Å²) in [6.07, 6.45) is 3.39. The van der Waals surface area contributed by atoms with Gasteiger partial charge < -0.3 is 20.2 Å². The molecule has 0 aromatic carbocycles. The third-order valence-electron chi connectivity index (χ3n) is 3.31. The predicted octanol–water partition coefficient (Wildman–Crippen LogP) is 0.722. The average molecular weight is 280 g/mol. The number of rotatable bonds is 7. The van der Waals surface area contributed by atoms with Crippen molar-refractivity contribution in [2.24, 2.45) is 0 Å². The van der Waals surface area contributed by atoms with Gasteiger partial charge in [0.25, 0.3) is 0 Å². The lowest BCUT2D eigenvalue weighted by atomic mass is 10.4. The zero-order valence-electron chi connectivity index (χ0n) is 12.3. The molecule has 0 bridgehead atoms.